The first-order valence-electron chi connectivity index (χ1n) is 5.52. The molecule has 1 aliphatic rings. The van der Waals surface area contributed by atoms with Crippen molar-refractivity contribution >= 4 is 24.2 Å². The highest BCUT2D eigenvalue weighted by Gasteiger charge is 2.23. The molecule has 0 aromatic rings. The monoisotopic (exact) mass is 249 g/mol. The lowest BCUT2D eigenvalue weighted by molar-refractivity contribution is -0.129. The smallest absolute Gasteiger partial charge is 0.237 e. The maximum atomic E-state index is 11.4. The number of hydrogen-bond acceptors (Lipinski definition) is 3. The Balaban J connectivity index is 0.00000225. The van der Waals surface area contributed by atoms with Crippen LogP contribution in [0.25, 0.3) is 0 Å². The second-order valence-electron chi connectivity index (χ2n) is 3.71. The van der Waals surface area contributed by atoms with Crippen LogP contribution in [0.4, 0.5) is 0 Å². The van der Waals surface area contributed by atoms with E-state index in [9.17, 15) is 9.59 Å². The lowest BCUT2D eigenvalue weighted by Gasteiger charge is -2.22. The lowest BCUT2D eigenvalue weighted by Crippen LogP contribution is -2.54. The number of nitrogens with one attached hydrogen (secondary N) is 3. The standard InChI is InChI=1S/C10H19N3O2.ClH/c1-2-3-4-12-9(14)7-8-10(15)13-6-5-11-8;/h8,11H,2-7H2,1H3,(H,12,14)(H,13,15);1H. The van der Waals surface area contributed by atoms with Gasteiger partial charge in [-0.15, -0.1) is 12.4 Å². The van der Waals surface area contributed by atoms with Crippen LogP contribution < -0.4 is 16.0 Å². The van der Waals surface area contributed by atoms with Crippen molar-refractivity contribution in [3.05, 3.63) is 0 Å². The zero-order valence-electron chi connectivity index (χ0n) is 9.54. The second-order valence-corrected chi connectivity index (χ2v) is 3.71. The Labute approximate surface area is 102 Å². The van der Waals surface area contributed by atoms with Gasteiger partial charge in [-0.2, -0.15) is 0 Å². The lowest BCUT2D eigenvalue weighted by atomic mass is 10.1. The molecule has 0 radical (unpaired) electrons. The van der Waals surface area contributed by atoms with Crippen molar-refractivity contribution in [3.63, 3.8) is 0 Å². The number of carbonyl (C=O) groups excluding carboxylic acids is 2. The molecule has 0 spiro atoms. The number of piperazine rings is 1. The summed E-state index contributed by atoms with van der Waals surface area (Å²) in [5, 5.41) is 8.53. The number of unbranched alkanes of at least 4 members (excludes halogenated alkanes) is 1. The van der Waals surface area contributed by atoms with E-state index in [1.54, 1.807) is 0 Å². The minimum absolute atomic E-state index is 0. The van der Waals surface area contributed by atoms with Crippen LogP contribution in [-0.4, -0.2) is 37.5 Å². The number of rotatable bonds is 5. The van der Waals surface area contributed by atoms with Crippen LogP contribution in [0.5, 0.6) is 0 Å². The summed E-state index contributed by atoms with van der Waals surface area (Å²) in [7, 11) is 0. The third-order valence-electron chi connectivity index (χ3n) is 2.37. The molecular weight excluding hydrogens is 230 g/mol. The van der Waals surface area contributed by atoms with Gasteiger partial charge < -0.3 is 16.0 Å². The molecule has 2 amide bonds. The third kappa shape index (κ3) is 5.32. The summed E-state index contributed by atoms with van der Waals surface area (Å²) in [5.41, 5.74) is 0. The summed E-state index contributed by atoms with van der Waals surface area (Å²) in [6, 6.07) is -0.361. The zero-order chi connectivity index (χ0) is 11.1. The van der Waals surface area contributed by atoms with Gasteiger partial charge in [0.2, 0.25) is 11.8 Å². The quantitative estimate of drug-likeness (QED) is 0.591. The average Bonchev–Trinajstić information content (AvgIpc) is 2.22. The SMILES string of the molecule is CCCCNC(=O)CC1NCCNC1=O.Cl. The summed E-state index contributed by atoms with van der Waals surface area (Å²) >= 11 is 0. The first-order chi connectivity index (χ1) is 7.24. The molecule has 1 fully saturated rings. The molecule has 3 N–H and O–H groups in total. The van der Waals surface area contributed by atoms with Crippen LogP contribution in [0.2, 0.25) is 0 Å². The van der Waals surface area contributed by atoms with Crippen LogP contribution in [-0.2, 0) is 9.59 Å². The van der Waals surface area contributed by atoms with E-state index in [0.29, 0.717) is 13.1 Å². The fourth-order valence-electron chi connectivity index (χ4n) is 1.48. The van der Waals surface area contributed by atoms with Crippen LogP contribution >= 0.6 is 12.4 Å². The molecule has 94 valence electrons. The molecule has 1 rings (SSSR count). The van der Waals surface area contributed by atoms with Crippen LogP contribution in [0.3, 0.4) is 0 Å². The highest BCUT2D eigenvalue weighted by molar-refractivity contribution is 5.88. The van der Waals surface area contributed by atoms with Gasteiger partial charge in [-0.25, -0.2) is 0 Å². The first-order valence-corrected chi connectivity index (χ1v) is 5.52. The van der Waals surface area contributed by atoms with Crippen molar-refractivity contribution in [2.24, 2.45) is 0 Å². The van der Waals surface area contributed by atoms with Gasteiger partial charge in [0.1, 0.15) is 0 Å². The summed E-state index contributed by atoms with van der Waals surface area (Å²) in [6.07, 6.45) is 2.27. The fourth-order valence-corrected chi connectivity index (χ4v) is 1.48. The molecule has 1 unspecified atom stereocenters. The molecule has 16 heavy (non-hydrogen) atoms. The Hall–Kier alpha value is -0.810. The van der Waals surface area contributed by atoms with Crippen molar-refractivity contribution in [1.29, 1.82) is 0 Å². The average molecular weight is 250 g/mol. The van der Waals surface area contributed by atoms with Crippen molar-refractivity contribution < 1.29 is 9.59 Å². The molecule has 0 aromatic carbocycles. The maximum absolute atomic E-state index is 11.4. The third-order valence-corrected chi connectivity index (χ3v) is 2.37. The van der Waals surface area contributed by atoms with Crippen LogP contribution in [0, 0.1) is 0 Å². The summed E-state index contributed by atoms with van der Waals surface area (Å²) in [4.78, 5) is 22.7. The van der Waals surface area contributed by atoms with E-state index in [2.05, 4.69) is 22.9 Å². The van der Waals surface area contributed by atoms with Gasteiger partial charge >= 0.3 is 0 Å². The van der Waals surface area contributed by atoms with E-state index in [1.165, 1.54) is 0 Å². The van der Waals surface area contributed by atoms with E-state index in [1.807, 2.05) is 0 Å². The van der Waals surface area contributed by atoms with E-state index in [0.717, 1.165) is 19.4 Å². The van der Waals surface area contributed by atoms with Gasteiger partial charge in [0.25, 0.3) is 0 Å². The summed E-state index contributed by atoms with van der Waals surface area (Å²) in [6.45, 7) is 4.15. The molecule has 0 aliphatic carbocycles. The molecule has 1 saturated heterocycles. The minimum atomic E-state index is -0.361. The van der Waals surface area contributed by atoms with Crippen LogP contribution in [0.1, 0.15) is 26.2 Å². The largest absolute Gasteiger partial charge is 0.356 e. The molecule has 1 heterocycles. The normalized spacial score (nSPS) is 19.6. The molecule has 1 aliphatic heterocycles. The molecular formula is C10H20ClN3O2. The Morgan fingerprint density at radius 1 is 1.50 bits per heavy atom. The summed E-state index contributed by atoms with van der Waals surface area (Å²) < 4.78 is 0. The predicted molar refractivity (Wildman–Crippen MR) is 64.6 cm³/mol. The van der Waals surface area contributed by atoms with E-state index in [-0.39, 0.29) is 36.7 Å². The number of halogens is 1. The highest BCUT2D eigenvalue weighted by Crippen LogP contribution is 1.96. The number of amides is 2. The molecule has 6 heteroatoms. The zero-order valence-corrected chi connectivity index (χ0v) is 10.4. The van der Waals surface area contributed by atoms with Gasteiger partial charge in [0.05, 0.1) is 12.5 Å². The van der Waals surface area contributed by atoms with Gasteiger partial charge in [-0.05, 0) is 6.42 Å². The molecule has 1 atom stereocenters. The van der Waals surface area contributed by atoms with Gasteiger partial charge in [0.15, 0.2) is 0 Å². The molecule has 0 saturated carbocycles. The topological polar surface area (TPSA) is 70.2 Å². The van der Waals surface area contributed by atoms with Crippen LogP contribution in [0.15, 0.2) is 0 Å². The first kappa shape index (κ1) is 15.2. The van der Waals surface area contributed by atoms with E-state index in [4.69, 9.17) is 0 Å². The Bertz CT molecular complexity index is 236. The minimum Gasteiger partial charge on any atom is -0.356 e. The Kier molecular flexibility index (Phi) is 7.93. The van der Waals surface area contributed by atoms with Gasteiger partial charge in [-0.3, -0.25) is 9.59 Å². The number of carbonyl (C=O) groups is 2. The Morgan fingerprint density at radius 2 is 2.25 bits per heavy atom. The molecule has 5 nitrogen and oxygen atoms in total. The highest BCUT2D eigenvalue weighted by atomic mass is 35.5. The van der Waals surface area contributed by atoms with Crippen molar-refractivity contribution in [1.82, 2.24) is 16.0 Å². The predicted octanol–water partition coefficient (Wildman–Crippen LogP) is -0.197. The fraction of sp³-hybridized carbons (Fsp3) is 0.800. The van der Waals surface area contributed by atoms with Gasteiger partial charge in [-0.1, -0.05) is 13.3 Å². The van der Waals surface area contributed by atoms with E-state index < -0.39 is 0 Å². The number of hydrogen-bond donors (Lipinski definition) is 3. The molecule has 0 bridgehead atoms. The summed E-state index contributed by atoms with van der Waals surface area (Å²) in [5.74, 6) is -0.134. The van der Waals surface area contributed by atoms with Crippen molar-refractivity contribution in [2.45, 2.75) is 32.2 Å². The van der Waals surface area contributed by atoms with Gasteiger partial charge in [0, 0.05) is 19.6 Å². The second kappa shape index (κ2) is 8.35. The molecule has 0 aromatic heterocycles. The van der Waals surface area contributed by atoms with E-state index >= 15 is 0 Å². The van der Waals surface area contributed by atoms with Crippen molar-refractivity contribution in [2.75, 3.05) is 19.6 Å². The van der Waals surface area contributed by atoms with Crippen molar-refractivity contribution in [3.8, 4) is 0 Å². The Morgan fingerprint density at radius 3 is 2.88 bits per heavy atom. The maximum Gasteiger partial charge on any atom is 0.237 e.